The summed E-state index contributed by atoms with van der Waals surface area (Å²) in [6, 6.07) is 15.3. The maximum atomic E-state index is 12.6. The number of rotatable bonds is 5. The van der Waals surface area contributed by atoms with E-state index in [0.717, 1.165) is 16.7 Å². The van der Waals surface area contributed by atoms with Gasteiger partial charge in [0.2, 0.25) is 11.8 Å². The molecule has 0 aliphatic carbocycles. The first-order valence-corrected chi connectivity index (χ1v) is 11.0. The smallest absolute Gasteiger partial charge is 0.253 e. The molecule has 2 saturated heterocycles. The molecule has 2 aromatic rings. The molecule has 3 atom stereocenters. The van der Waals surface area contributed by atoms with Crippen molar-refractivity contribution in [2.45, 2.75) is 31.3 Å². The Kier molecular flexibility index (Phi) is 6.02. The van der Waals surface area contributed by atoms with Crippen molar-refractivity contribution in [1.29, 1.82) is 0 Å². The molecule has 7 heteroatoms. The predicted octanol–water partition coefficient (Wildman–Crippen LogP) is 1.96. The summed E-state index contributed by atoms with van der Waals surface area (Å²) < 4.78 is 0. The van der Waals surface area contributed by atoms with Gasteiger partial charge in [0.1, 0.15) is 0 Å². The Labute approximate surface area is 188 Å². The Balaban J connectivity index is 1.53. The normalized spacial score (nSPS) is 22.2. The zero-order chi connectivity index (χ0) is 23.0. The second kappa shape index (κ2) is 8.74. The van der Waals surface area contributed by atoms with Crippen LogP contribution in [-0.4, -0.2) is 83.4 Å². The number of hydrogen-bond donors (Lipinski definition) is 1. The van der Waals surface area contributed by atoms with Gasteiger partial charge in [-0.2, -0.15) is 0 Å². The molecule has 0 spiro atoms. The van der Waals surface area contributed by atoms with Gasteiger partial charge in [-0.05, 0) is 28.8 Å². The molecule has 2 aliphatic heterocycles. The van der Waals surface area contributed by atoms with E-state index >= 15 is 0 Å². The molecule has 168 valence electrons. The maximum absolute atomic E-state index is 12.6. The van der Waals surface area contributed by atoms with Crippen LogP contribution in [0, 0.1) is 0 Å². The number of benzene rings is 2. The van der Waals surface area contributed by atoms with Crippen LogP contribution in [0.1, 0.15) is 35.2 Å². The number of aliphatic hydroxyl groups excluding tert-OH is 1. The number of aliphatic hydroxyl groups is 1. The third-order valence-electron chi connectivity index (χ3n) is 6.57. The molecule has 0 bridgehead atoms. The van der Waals surface area contributed by atoms with Crippen LogP contribution >= 0.6 is 0 Å². The van der Waals surface area contributed by atoms with E-state index in [1.54, 1.807) is 35.7 Å². The number of carbonyl (C=O) groups excluding carboxylic acids is 3. The molecule has 2 fully saturated rings. The van der Waals surface area contributed by atoms with Gasteiger partial charge in [-0.25, -0.2) is 0 Å². The highest BCUT2D eigenvalue weighted by molar-refractivity contribution is 5.94. The average molecular weight is 436 g/mol. The standard InChI is InChI=1S/C25H29N3O4/c1-4-22(30)27-13-20-24(21(15-29)28(20)23(31)14-27)18-9-5-16(6-10-18)17-7-11-19(12-8-17)25(32)26(2)3/h5-12,20-21,24,29H,4,13-15H2,1-3H3/t20-,21-,24+/m0/s1. The average Bonchev–Trinajstić information content (AvgIpc) is 2.79. The van der Waals surface area contributed by atoms with Crippen molar-refractivity contribution in [3.8, 4) is 11.1 Å². The van der Waals surface area contributed by atoms with E-state index in [-0.39, 0.29) is 48.9 Å². The van der Waals surface area contributed by atoms with Crippen LogP contribution in [-0.2, 0) is 9.59 Å². The molecule has 7 nitrogen and oxygen atoms in total. The van der Waals surface area contributed by atoms with Crippen LogP contribution in [0.3, 0.4) is 0 Å². The monoisotopic (exact) mass is 435 g/mol. The zero-order valence-electron chi connectivity index (χ0n) is 18.7. The van der Waals surface area contributed by atoms with E-state index in [1.807, 2.05) is 48.5 Å². The Hall–Kier alpha value is -3.19. The van der Waals surface area contributed by atoms with Crippen LogP contribution in [0.15, 0.2) is 48.5 Å². The molecule has 1 N–H and O–H groups in total. The lowest BCUT2D eigenvalue weighted by atomic mass is 9.73. The molecule has 0 aromatic heterocycles. The van der Waals surface area contributed by atoms with Gasteiger partial charge in [0, 0.05) is 38.5 Å². The molecule has 4 rings (SSSR count). The first-order valence-electron chi connectivity index (χ1n) is 11.0. The largest absolute Gasteiger partial charge is 0.394 e. The van der Waals surface area contributed by atoms with Crippen molar-refractivity contribution in [1.82, 2.24) is 14.7 Å². The minimum atomic E-state index is -0.256. The summed E-state index contributed by atoms with van der Waals surface area (Å²) in [5.74, 6) is -0.155. The summed E-state index contributed by atoms with van der Waals surface area (Å²) in [5, 5.41) is 9.93. The predicted molar refractivity (Wildman–Crippen MR) is 121 cm³/mol. The van der Waals surface area contributed by atoms with Gasteiger partial charge in [-0.1, -0.05) is 43.3 Å². The zero-order valence-corrected chi connectivity index (χ0v) is 18.7. The maximum Gasteiger partial charge on any atom is 0.253 e. The summed E-state index contributed by atoms with van der Waals surface area (Å²) in [7, 11) is 3.46. The van der Waals surface area contributed by atoms with E-state index in [9.17, 15) is 19.5 Å². The van der Waals surface area contributed by atoms with E-state index < -0.39 is 0 Å². The highest BCUT2D eigenvalue weighted by Gasteiger charge is 2.54. The number of piperazine rings is 1. The molecular formula is C25H29N3O4. The van der Waals surface area contributed by atoms with E-state index in [0.29, 0.717) is 18.5 Å². The van der Waals surface area contributed by atoms with Gasteiger partial charge in [-0.3, -0.25) is 14.4 Å². The minimum Gasteiger partial charge on any atom is -0.394 e. The number of hydrogen-bond acceptors (Lipinski definition) is 4. The van der Waals surface area contributed by atoms with Gasteiger partial charge in [0.05, 0.1) is 25.2 Å². The summed E-state index contributed by atoms with van der Waals surface area (Å²) in [6.45, 7) is 2.30. The van der Waals surface area contributed by atoms with Crippen molar-refractivity contribution in [2.75, 3.05) is 33.8 Å². The van der Waals surface area contributed by atoms with Crippen LogP contribution in [0.4, 0.5) is 0 Å². The molecule has 0 saturated carbocycles. The van der Waals surface area contributed by atoms with E-state index in [2.05, 4.69) is 0 Å². The van der Waals surface area contributed by atoms with Gasteiger partial charge in [-0.15, -0.1) is 0 Å². The number of nitrogens with zero attached hydrogens (tertiary/aromatic N) is 3. The molecule has 2 heterocycles. The third-order valence-corrected chi connectivity index (χ3v) is 6.57. The van der Waals surface area contributed by atoms with Crippen molar-refractivity contribution < 1.29 is 19.5 Å². The van der Waals surface area contributed by atoms with Gasteiger partial charge >= 0.3 is 0 Å². The molecule has 0 unspecified atom stereocenters. The SMILES string of the molecule is CCC(=O)N1CC(=O)N2[C@@H](CO)[C@H](c3ccc(-c4ccc(C(=O)N(C)C)cc4)cc3)[C@@H]2C1. The number of fused-ring (bicyclic) bond motifs is 1. The fourth-order valence-electron chi connectivity index (χ4n) is 4.87. The molecule has 3 amide bonds. The summed E-state index contributed by atoms with van der Waals surface area (Å²) >= 11 is 0. The Morgan fingerprint density at radius 2 is 1.62 bits per heavy atom. The second-order valence-corrected chi connectivity index (χ2v) is 8.67. The lowest BCUT2D eigenvalue weighted by Crippen LogP contribution is -2.73. The highest BCUT2D eigenvalue weighted by Crippen LogP contribution is 2.43. The summed E-state index contributed by atoms with van der Waals surface area (Å²) in [4.78, 5) is 41.8. The fourth-order valence-corrected chi connectivity index (χ4v) is 4.87. The first-order chi connectivity index (χ1) is 15.3. The fraction of sp³-hybridized carbons (Fsp3) is 0.400. The molecule has 2 aromatic carbocycles. The van der Waals surface area contributed by atoms with Crippen LogP contribution in [0.5, 0.6) is 0 Å². The van der Waals surface area contributed by atoms with Crippen LogP contribution in [0.2, 0.25) is 0 Å². The van der Waals surface area contributed by atoms with Crippen molar-refractivity contribution >= 4 is 17.7 Å². The summed E-state index contributed by atoms with van der Waals surface area (Å²) in [5.41, 5.74) is 3.72. The van der Waals surface area contributed by atoms with Gasteiger partial charge in [0.15, 0.2) is 0 Å². The van der Waals surface area contributed by atoms with Crippen molar-refractivity contribution in [2.24, 2.45) is 0 Å². The van der Waals surface area contributed by atoms with Gasteiger partial charge < -0.3 is 19.8 Å². The van der Waals surface area contributed by atoms with Gasteiger partial charge in [0.25, 0.3) is 5.91 Å². The quantitative estimate of drug-likeness (QED) is 0.779. The topological polar surface area (TPSA) is 81.2 Å². The second-order valence-electron chi connectivity index (χ2n) is 8.67. The van der Waals surface area contributed by atoms with Crippen molar-refractivity contribution in [3.05, 3.63) is 59.7 Å². The molecule has 2 aliphatic rings. The first kappa shape index (κ1) is 22.0. The third kappa shape index (κ3) is 3.77. The summed E-state index contributed by atoms with van der Waals surface area (Å²) in [6.07, 6.45) is 0.377. The molecule has 0 radical (unpaired) electrons. The highest BCUT2D eigenvalue weighted by atomic mass is 16.3. The Bertz CT molecular complexity index is 1020. The lowest BCUT2D eigenvalue weighted by molar-refractivity contribution is -0.166. The van der Waals surface area contributed by atoms with E-state index in [4.69, 9.17) is 0 Å². The van der Waals surface area contributed by atoms with E-state index in [1.165, 1.54) is 0 Å². The Morgan fingerprint density at radius 3 is 2.16 bits per heavy atom. The number of carbonyl (C=O) groups is 3. The Morgan fingerprint density at radius 1 is 1.03 bits per heavy atom. The van der Waals surface area contributed by atoms with Crippen molar-refractivity contribution in [3.63, 3.8) is 0 Å². The van der Waals surface area contributed by atoms with Crippen LogP contribution < -0.4 is 0 Å². The molecular weight excluding hydrogens is 406 g/mol. The molecule has 32 heavy (non-hydrogen) atoms. The lowest BCUT2D eigenvalue weighted by Gasteiger charge is -2.58. The number of amides is 3. The van der Waals surface area contributed by atoms with Crippen LogP contribution in [0.25, 0.3) is 11.1 Å². The minimum absolute atomic E-state index is 0.00875.